The van der Waals surface area contributed by atoms with Crippen LogP contribution >= 0.6 is 23.4 Å². The fourth-order valence-corrected chi connectivity index (χ4v) is 6.10. The van der Waals surface area contributed by atoms with E-state index in [0.29, 0.717) is 48.3 Å². The van der Waals surface area contributed by atoms with Gasteiger partial charge in [-0.1, -0.05) is 17.7 Å². The van der Waals surface area contributed by atoms with Crippen molar-refractivity contribution in [1.82, 2.24) is 15.1 Å². The lowest BCUT2D eigenvalue weighted by Gasteiger charge is -2.37. The summed E-state index contributed by atoms with van der Waals surface area (Å²) < 4.78 is 67.6. The zero-order valence-corrected chi connectivity index (χ0v) is 23.9. The van der Waals surface area contributed by atoms with E-state index in [4.69, 9.17) is 11.6 Å². The van der Waals surface area contributed by atoms with Crippen molar-refractivity contribution in [1.29, 1.82) is 0 Å². The van der Waals surface area contributed by atoms with Crippen LogP contribution < -0.4 is 15.5 Å². The van der Waals surface area contributed by atoms with Crippen molar-refractivity contribution in [3.63, 3.8) is 0 Å². The van der Waals surface area contributed by atoms with Gasteiger partial charge < -0.3 is 15.5 Å². The van der Waals surface area contributed by atoms with Crippen LogP contribution in [0.5, 0.6) is 0 Å². The van der Waals surface area contributed by atoms with E-state index in [1.165, 1.54) is 18.2 Å². The van der Waals surface area contributed by atoms with Gasteiger partial charge in [0.05, 0.1) is 29.4 Å². The largest absolute Gasteiger partial charge is 0.390 e. The highest BCUT2D eigenvalue weighted by Crippen LogP contribution is 2.31. The summed E-state index contributed by atoms with van der Waals surface area (Å²) in [4.78, 5) is 31.0. The Kier molecular flexibility index (Phi) is 10.4. The quantitative estimate of drug-likeness (QED) is 0.421. The third-order valence-electron chi connectivity index (χ3n) is 7.19. The normalized spacial score (nSPS) is 18.8. The minimum Gasteiger partial charge on any atom is -0.367 e. The molecule has 41 heavy (non-hydrogen) atoms. The third-order valence-corrected chi connectivity index (χ3v) is 8.45. The number of amides is 2. The second-order valence-electron chi connectivity index (χ2n) is 10.00. The maximum Gasteiger partial charge on any atom is 0.390 e. The highest BCUT2D eigenvalue weighted by molar-refractivity contribution is 7.99. The Labute approximate surface area is 244 Å². The molecule has 2 amide bonds. The lowest BCUT2D eigenvalue weighted by atomic mass is 10.1. The van der Waals surface area contributed by atoms with Gasteiger partial charge in [0.15, 0.2) is 11.6 Å². The lowest BCUT2D eigenvalue weighted by Crippen LogP contribution is -2.49. The highest BCUT2D eigenvalue weighted by Gasteiger charge is 2.30. The molecule has 0 bridgehead atoms. The topological polar surface area (TPSA) is 67.9 Å². The van der Waals surface area contributed by atoms with Crippen LogP contribution in [0.15, 0.2) is 30.3 Å². The first kappa shape index (κ1) is 31.3. The van der Waals surface area contributed by atoms with Gasteiger partial charge in [0.25, 0.3) is 5.91 Å². The minimum atomic E-state index is -4.23. The number of benzene rings is 2. The molecule has 7 nitrogen and oxygen atoms in total. The van der Waals surface area contributed by atoms with E-state index in [9.17, 15) is 31.5 Å². The second-order valence-corrected chi connectivity index (χ2v) is 11.6. The van der Waals surface area contributed by atoms with Crippen LogP contribution in [0.3, 0.4) is 0 Å². The molecule has 2 N–H and O–H groups in total. The number of anilines is 2. The van der Waals surface area contributed by atoms with Crippen molar-refractivity contribution >= 4 is 46.6 Å². The SMILES string of the molecule is CN1CCSC[C@H]1C(=O)NCc1ccc(C(=O)Nc2ccc(Cl)cc2N2CCN(CCC(F)(F)F)CC2)c(F)c1F. The van der Waals surface area contributed by atoms with Crippen molar-refractivity contribution in [2.24, 2.45) is 0 Å². The highest BCUT2D eigenvalue weighted by atomic mass is 35.5. The summed E-state index contributed by atoms with van der Waals surface area (Å²) in [5.41, 5.74) is 0.217. The molecule has 2 aromatic carbocycles. The second kappa shape index (κ2) is 13.6. The summed E-state index contributed by atoms with van der Waals surface area (Å²) in [6.45, 7) is 1.96. The van der Waals surface area contributed by atoms with Crippen molar-refractivity contribution in [3.8, 4) is 0 Å². The number of nitrogens with zero attached hydrogens (tertiary/aromatic N) is 3. The van der Waals surface area contributed by atoms with Gasteiger partial charge in [0, 0.05) is 67.9 Å². The Morgan fingerprint density at radius 1 is 1.05 bits per heavy atom. The third kappa shape index (κ3) is 8.24. The van der Waals surface area contributed by atoms with Crippen LogP contribution in [0.1, 0.15) is 22.3 Å². The molecule has 0 aromatic heterocycles. The number of halogens is 6. The Morgan fingerprint density at radius 3 is 2.46 bits per heavy atom. The Balaban J connectivity index is 1.41. The van der Waals surface area contributed by atoms with E-state index in [1.54, 1.807) is 22.7 Å². The van der Waals surface area contributed by atoms with Gasteiger partial charge in [-0.3, -0.25) is 19.4 Å². The smallest absolute Gasteiger partial charge is 0.367 e. The van der Waals surface area contributed by atoms with Crippen molar-refractivity contribution in [3.05, 3.63) is 58.1 Å². The molecule has 1 atom stereocenters. The Bertz CT molecular complexity index is 1260. The summed E-state index contributed by atoms with van der Waals surface area (Å²) in [6, 6.07) is 6.73. The van der Waals surface area contributed by atoms with Gasteiger partial charge in [0.2, 0.25) is 5.91 Å². The molecule has 2 aliphatic heterocycles. The van der Waals surface area contributed by atoms with Crippen LogP contribution in [-0.4, -0.2) is 91.7 Å². The molecule has 0 saturated carbocycles. The number of hydrogen-bond acceptors (Lipinski definition) is 6. The molecule has 2 saturated heterocycles. The number of alkyl halides is 3. The van der Waals surface area contributed by atoms with Crippen LogP contribution in [-0.2, 0) is 11.3 Å². The van der Waals surface area contributed by atoms with Gasteiger partial charge in [-0.2, -0.15) is 24.9 Å². The van der Waals surface area contributed by atoms with Crippen LogP contribution in [0.4, 0.5) is 33.3 Å². The maximum atomic E-state index is 15.0. The number of piperazine rings is 1. The first-order chi connectivity index (χ1) is 19.4. The molecule has 4 rings (SSSR count). The number of nitrogens with one attached hydrogen (secondary N) is 2. The first-order valence-corrected chi connectivity index (χ1v) is 14.6. The lowest BCUT2D eigenvalue weighted by molar-refractivity contribution is -0.138. The van der Waals surface area contributed by atoms with Crippen LogP contribution in [0, 0.1) is 11.6 Å². The molecule has 14 heteroatoms. The van der Waals surface area contributed by atoms with E-state index in [-0.39, 0.29) is 30.6 Å². The van der Waals surface area contributed by atoms with E-state index >= 15 is 0 Å². The van der Waals surface area contributed by atoms with Gasteiger partial charge in [-0.05, 0) is 31.3 Å². The summed E-state index contributed by atoms with van der Waals surface area (Å²) in [5, 5.41) is 5.63. The molecule has 0 unspecified atom stereocenters. The molecule has 224 valence electrons. The molecule has 0 spiro atoms. The molecule has 2 aromatic rings. The zero-order valence-electron chi connectivity index (χ0n) is 22.4. The number of carbonyl (C=O) groups excluding carboxylic acids is 2. The first-order valence-electron chi connectivity index (χ1n) is 13.1. The fraction of sp³-hybridized carbons (Fsp3) is 0.481. The van der Waals surface area contributed by atoms with Crippen molar-refractivity contribution in [2.75, 3.05) is 68.0 Å². The standard InChI is InChI=1S/C27H31ClF5N5O2S/c1-36-12-13-41-16-22(36)26(40)34-15-17-2-4-19(24(30)23(17)29)25(39)35-20-5-3-18(28)14-21(20)38-10-8-37(9-11-38)7-6-27(31,32)33/h2-5,14,22H,6-13,15-16H2,1H3,(H,34,40)(H,35,39)/t22-/m0/s1. The molecule has 2 heterocycles. The summed E-state index contributed by atoms with van der Waals surface area (Å²) >= 11 is 7.82. The molecule has 0 aliphatic carbocycles. The fourth-order valence-electron chi connectivity index (χ4n) is 4.72. The van der Waals surface area contributed by atoms with Crippen LogP contribution in [0.25, 0.3) is 0 Å². The monoisotopic (exact) mass is 619 g/mol. The number of thioether (sulfide) groups is 1. The predicted molar refractivity (Wildman–Crippen MR) is 151 cm³/mol. The van der Waals surface area contributed by atoms with E-state index < -0.39 is 35.7 Å². The Hall–Kier alpha value is -2.61. The maximum absolute atomic E-state index is 15.0. The molecule has 0 radical (unpaired) electrons. The van der Waals surface area contributed by atoms with E-state index in [0.717, 1.165) is 18.4 Å². The zero-order chi connectivity index (χ0) is 29.7. The number of rotatable bonds is 8. The van der Waals surface area contributed by atoms with Crippen LogP contribution in [0.2, 0.25) is 5.02 Å². The van der Waals surface area contributed by atoms with Crippen molar-refractivity contribution < 1.29 is 31.5 Å². The molecule has 2 aliphatic rings. The van der Waals surface area contributed by atoms with Gasteiger partial charge in [-0.25, -0.2) is 8.78 Å². The molecular formula is C27H31ClF5N5O2S. The molecule has 2 fully saturated rings. The van der Waals surface area contributed by atoms with E-state index in [2.05, 4.69) is 10.6 Å². The Morgan fingerprint density at radius 2 is 1.78 bits per heavy atom. The predicted octanol–water partition coefficient (Wildman–Crippen LogP) is 4.61. The summed E-state index contributed by atoms with van der Waals surface area (Å²) in [7, 11) is 1.84. The average molecular weight is 620 g/mol. The van der Waals surface area contributed by atoms with E-state index in [1.807, 2.05) is 16.8 Å². The van der Waals surface area contributed by atoms with Gasteiger partial charge in [-0.15, -0.1) is 0 Å². The summed E-state index contributed by atoms with van der Waals surface area (Å²) in [5.74, 6) is -2.20. The molecular weight excluding hydrogens is 589 g/mol. The number of hydrogen-bond donors (Lipinski definition) is 2. The van der Waals surface area contributed by atoms with Gasteiger partial charge in [0.1, 0.15) is 0 Å². The average Bonchev–Trinajstić information content (AvgIpc) is 2.93. The van der Waals surface area contributed by atoms with Crippen molar-refractivity contribution in [2.45, 2.75) is 25.2 Å². The van der Waals surface area contributed by atoms with Gasteiger partial charge >= 0.3 is 6.18 Å². The number of likely N-dealkylation sites (N-methyl/N-ethyl adjacent to an activating group) is 1. The summed E-state index contributed by atoms with van der Waals surface area (Å²) in [6.07, 6.45) is -5.12. The minimum absolute atomic E-state index is 0.0888. The number of carbonyl (C=O) groups is 2.